The molecule has 132 valence electrons. The molecular formula is C18H31NO4. The molecule has 4 heterocycles. The van der Waals surface area contributed by atoms with Gasteiger partial charge < -0.3 is 14.8 Å². The van der Waals surface area contributed by atoms with Gasteiger partial charge in [0.2, 0.25) is 5.79 Å². The van der Waals surface area contributed by atoms with E-state index in [4.69, 9.17) is 19.2 Å². The summed E-state index contributed by atoms with van der Waals surface area (Å²) in [7, 11) is 0. The molecule has 5 rings (SSSR count). The van der Waals surface area contributed by atoms with E-state index < -0.39 is 11.4 Å². The lowest BCUT2D eigenvalue weighted by atomic mass is 9.57. The van der Waals surface area contributed by atoms with Gasteiger partial charge in [0.05, 0.1) is 6.10 Å². The Balaban J connectivity index is 1.70. The molecule has 5 nitrogen and oxygen atoms in total. The molecule has 0 radical (unpaired) electrons. The van der Waals surface area contributed by atoms with Gasteiger partial charge in [-0.25, -0.2) is 9.78 Å². The van der Waals surface area contributed by atoms with Crippen molar-refractivity contribution in [2.75, 3.05) is 13.1 Å². The third-order valence-corrected chi connectivity index (χ3v) is 6.89. The molecule has 1 saturated carbocycles. The summed E-state index contributed by atoms with van der Waals surface area (Å²) in [6.07, 6.45) is 4.28. The summed E-state index contributed by atoms with van der Waals surface area (Å²) < 4.78 is 12.8. The van der Waals surface area contributed by atoms with Crippen LogP contribution in [0.15, 0.2) is 0 Å². The van der Waals surface area contributed by atoms with Crippen molar-refractivity contribution in [3.8, 4) is 0 Å². The van der Waals surface area contributed by atoms with Crippen molar-refractivity contribution < 1.29 is 19.2 Å². The molecule has 5 fully saturated rings. The topological polar surface area (TPSA) is 49.0 Å². The fourth-order valence-corrected chi connectivity index (χ4v) is 5.50. The van der Waals surface area contributed by atoms with E-state index in [1.54, 1.807) is 0 Å². The number of fused-ring (bicyclic) bond motifs is 2. The molecule has 1 spiro atoms. The summed E-state index contributed by atoms with van der Waals surface area (Å²) in [5, 5.41) is 3.44. The monoisotopic (exact) mass is 325 g/mol. The number of nitrogens with one attached hydrogen (secondary N) is 1. The van der Waals surface area contributed by atoms with Crippen LogP contribution in [0.4, 0.5) is 0 Å². The second-order valence-electron chi connectivity index (χ2n) is 8.25. The van der Waals surface area contributed by atoms with Crippen molar-refractivity contribution in [3.05, 3.63) is 0 Å². The second kappa shape index (κ2) is 5.67. The van der Waals surface area contributed by atoms with E-state index in [0.717, 1.165) is 25.9 Å². The third kappa shape index (κ3) is 2.31. The van der Waals surface area contributed by atoms with E-state index in [1.807, 2.05) is 6.92 Å². The minimum Gasteiger partial charge on any atom is -0.345 e. The van der Waals surface area contributed by atoms with Crippen LogP contribution in [0.1, 0.15) is 53.4 Å². The largest absolute Gasteiger partial charge is 0.345 e. The predicted molar refractivity (Wildman–Crippen MR) is 85.4 cm³/mol. The molecule has 0 aromatic heterocycles. The predicted octanol–water partition coefficient (Wildman–Crippen LogP) is 2.85. The molecule has 0 aromatic rings. The molecule has 23 heavy (non-hydrogen) atoms. The first-order valence-corrected chi connectivity index (χ1v) is 9.41. The quantitative estimate of drug-likeness (QED) is 0.809. The number of ether oxygens (including phenoxy) is 2. The summed E-state index contributed by atoms with van der Waals surface area (Å²) in [6.45, 7) is 10.6. The minimum atomic E-state index is -0.666. The van der Waals surface area contributed by atoms with Gasteiger partial charge in [0, 0.05) is 18.9 Å². The number of likely N-dealkylation sites (N-methyl/N-ethyl adjacent to an activating group) is 1. The van der Waals surface area contributed by atoms with Crippen LogP contribution < -0.4 is 5.32 Å². The van der Waals surface area contributed by atoms with Gasteiger partial charge >= 0.3 is 0 Å². The highest BCUT2D eigenvalue weighted by Crippen LogP contribution is 2.60. The molecule has 0 aromatic carbocycles. The maximum Gasteiger partial charge on any atom is 0.201 e. The van der Waals surface area contributed by atoms with Gasteiger partial charge in [0.1, 0.15) is 0 Å². The van der Waals surface area contributed by atoms with E-state index in [1.165, 1.54) is 12.8 Å². The third-order valence-electron chi connectivity index (χ3n) is 6.89. The standard InChI is InChI=1S/C18H31NO4/c1-5-19-10-15-12(3)14-7-6-11(2)13-8-9-17(4)21-16(20-15)18(13,14)23-22-17/h11-16,19H,5-10H2,1-4H3/t11-,12-,13+,14+,15-,16-,17-,18-/m1/s1. The van der Waals surface area contributed by atoms with Gasteiger partial charge in [-0.1, -0.05) is 20.8 Å². The Morgan fingerprint density at radius 3 is 2.70 bits per heavy atom. The van der Waals surface area contributed by atoms with Crippen LogP contribution in [0.2, 0.25) is 0 Å². The molecule has 4 aliphatic heterocycles. The van der Waals surface area contributed by atoms with Crippen LogP contribution >= 0.6 is 0 Å². The Labute approximate surface area is 139 Å². The zero-order valence-corrected chi connectivity index (χ0v) is 14.8. The molecular weight excluding hydrogens is 294 g/mol. The van der Waals surface area contributed by atoms with Crippen molar-refractivity contribution in [2.24, 2.45) is 23.7 Å². The Hall–Kier alpha value is -0.200. The van der Waals surface area contributed by atoms with Crippen LogP contribution in [0.25, 0.3) is 0 Å². The normalized spacial score (nSPS) is 55.3. The Morgan fingerprint density at radius 1 is 1.09 bits per heavy atom. The van der Waals surface area contributed by atoms with Gasteiger partial charge in [-0.2, -0.15) is 0 Å². The highest BCUT2D eigenvalue weighted by molar-refractivity contribution is 5.09. The van der Waals surface area contributed by atoms with Crippen LogP contribution in [0.5, 0.6) is 0 Å². The average Bonchev–Trinajstić information content (AvgIpc) is 2.76. The molecule has 5 heteroatoms. The van der Waals surface area contributed by atoms with E-state index in [2.05, 4.69) is 26.1 Å². The zero-order chi connectivity index (χ0) is 16.2. The summed E-state index contributed by atoms with van der Waals surface area (Å²) in [5.41, 5.74) is -0.421. The van der Waals surface area contributed by atoms with Gasteiger partial charge in [-0.15, -0.1) is 0 Å². The highest BCUT2D eigenvalue weighted by atomic mass is 17.3. The maximum atomic E-state index is 6.47. The Kier molecular flexibility index (Phi) is 4.01. The lowest BCUT2D eigenvalue weighted by molar-refractivity contribution is -0.570. The van der Waals surface area contributed by atoms with Gasteiger partial charge in [0.15, 0.2) is 11.9 Å². The number of hydrogen-bond acceptors (Lipinski definition) is 5. The first kappa shape index (κ1) is 16.3. The van der Waals surface area contributed by atoms with Crippen molar-refractivity contribution in [3.63, 3.8) is 0 Å². The number of rotatable bonds is 3. The average molecular weight is 325 g/mol. The van der Waals surface area contributed by atoms with Crippen LogP contribution in [0.3, 0.4) is 0 Å². The zero-order valence-electron chi connectivity index (χ0n) is 14.8. The summed E-state index contributed by atoms with van der Waals surface area (Å²) in [4.78, 5) is 12.0. The van der Waals surface area contributed by atoms with Gasteiger partial charge in [-0.05, 0) is 50.5 Å². The van der Waals surface area contributed by atoms with Crippen molar-refractivity contribution in [1.29, 1.82) is 0 Å². The highest BCUT2D eigenvalue weighted by Gasteiger charge is 2.69. The van der Waals surface area contributed by atoms with E-state index >= 15 is 0 Å². The summed E-state index contributed by atoms with van der Waals surface area (Å²) >= 11 is 0. The summed E-state index contributed by atoms with van der Waals surface area (Å²) in [5.74, 6) is 1.30. The molecule has 2 bridgehead atoms. The van der Waals surface area contributed by atoms with Crippen LogP contribution in [-0.4, -0.2) is 36.9 Å². The fraction of sp³-hybridized carbons (Fsp3) is 1.00. The molecule has 5 aliphatic rings. The molecule has 0 amide bonds. The van der Waals surface area contributed by atoms with Crippen LogP contribution in [0, 0.1) is 23.7 Å². The molecule has 0 unspecified atom stereocenters. The summed E-state index contributed by atoms with van der Waals surface area (Å²) in [6, 6.07) is 0. The lowest BCUT2D eigenvalue weighted by Gasteiger charge is -2.60. The fourth-order valence-electron chi connectivity index (χ4n) is 5.50. The molecule has 8 atom stereocenters. The first-order valence-electron chi connectivity index (χ1n) is 9.41. The van der Waals surface area contributed by atoms with Crippen molar-refractivity contribution >= 4 is 0 Å². The number of hydrogen-bond donors (Lipinski definition) is 1. The lowest BCUT2D eigenvalue weighted by Crippen LogP contribution is -2.71. The molecule has 1 aliphatic carbocycles. The van der Waals surface area contributed by atoms with Crippen molar-refractivity contribution in [2.45, 2.75) is 77.2 Å². The van der Waals surface area contributed by atoms with E-state index in [-0.39, 0.29) is 12.4 Å². The minimum absolute atomic E-state index is 0.177. The first-order chi connectivity index (χ1) is 11.0. The van der Waals surface area contributed by atoms with E-state index in [0.29, 0.717) is 23.7 Å². The molecule has 1 N–H and O–H groups in total. The SMILES string of the molecule is CCNC[C@H]1O[C@@H]2O[C@@]3(C)CC[C@H]4[C@H](C)CC[C@@H]([C@H]1C)[C@@]24OO3. The Morgan fingerprint density at radius 2 is 1.91 bits per heavy atom. The second-order valence-corrected chi connectivity index (χ2v) is 8.25. The van der Waals surface area contributed by atoms with E-state index in [9.17, 15) is 0 Å². The van der Waals surface area contributed by atoms with Crippen molar-refractivity contribution in [1.82, 2.24) is 5.32 Å². The molecule has 4 saturated heterocycles. The van der Waals surface area contributed by atoms with Gasteiger partial charge in [-0.3, -0.25) is 0 Å². The Bertz CT molecular complexity index is 460. The van der Waals surface area contributed by atoms with Crippen LogP contribution in [-0.2, 0) is 19.2 Å². The maximum absolute atomic E-state index is 6.47. The van der Waals surface area contributed by atoms with Gasteiger partial charge in [0.25, 0.3) is 0 Å². The smallest absolute Gasteiger partial charge is 0.201 e.